The third kappa shape index (κ3) is 9.31. The largest absolute Gasteiger partial charge is 0.481 e. The van der Waals surface area contributed by atoms with E-state index in [-0.39, 0.29) is 30.4 Å². The second-order valence-electron chi connectivity index (χ2n) is 3.33. The van der Waals surface area contributed by atoms with Crippen LogP contribution in [-0.4, -0.2) is 43.7 Å². The average molecular weight is 278 g/mol. The van der Waals surface area contributed by atoms with E-state index in [4.69, 9.17) is 27.2 Å². The van der Waals surface area contributed by atoms with E-state index in [1.807, 2.05) is 0 Å². The van der Waals surface area contributed by atoms with E-state index in [0.717, 1.165) is 6.66 Å². The summed E-state index contributed by atoms with van der Waals surface area (Å²) >= 11 is 0. The van der Waals surface area contributed by atoms with Gasteiger partial charge in [0.1, 0.15) is 0 Å². The fourth-order valence-electron chi connectivity index (χ4n) is 0.730. The van der Waals surface area contributed by atoms with Crippen molar-refractivity contribution in [2.75, 3.05) is 30.0 Å². The fourth-order valence-corrected chi connectivity index (χ4v) is 1.34. The van der Waals surface area contributed by atoms with Gasteiger partial charge in [-0.15, -0.1) is 0 Å². The third-order valence-corrected chi connectivity index (χ3v) is 2.48. The Balaban J connectivity index is 0.000000321. The van der Waals surface area contributed by atoms with E-state index in [1.165, 1.54) is 0 Å². The molecule has 1 atom stereocenters. The first-order valence-electron chi connectivity index (χ1n) is 4.63. The number of carboxylic acid groups (broad SMARTS) is 1. The molecule has 0 fully saturated rings. The minimum Gasteiger partial charge on any atom is -0.481 e. The molecule has 10 nitrogen and oxygen atoms in total. The number of rotatable bonds is 3. The number of nitrogens with zero attached hydrogens (tertiary/aromatic N) is 3. The molecule has 102 valence electrons. The third-order valence-electron chi connectivity index (χ3n) is 1.43. The van der Waals surface area contributed by atoms with Crippen LogP contribution < -0.4 is 17.2 Å². The zero-order valence-corrected chi connectivity index (χ0v) is 10.5. The van der Waals surface area contributed by atoms with Crippen molar-refractivity contribution < 1.29 is 19.4 Å². The van der Waals surface area contributed by atoms with E-state index in [9.17, 15) is 9.36 Å². The molecule has 0 amide bonds. The Morgan fingerprint density at radius 2 is 1.50 bits per heavy atom. The van der Waals surface area contributed by atoms with Gasteiger partial charge in [0.2, 0.25) is 17.8 Å². The zero-order chi connectivity index (χ0) is 14.3. The number of anilines is 3. The van der Waals surface area contributed by atoms with Crippen LogP contribution in [-0.2, 0) is 9.36 Å². The highest BCUT2D eigenvalue weighted by Gasteiger charge is 2.11. The van der Waals surface area contributed by atoms with Crippen LogP contribution in [0.15, 0.2) is 0 Å². The van der Waals surface area contributed by atoms with Crippen molar-refractivity contribution in [3.05, 3.63) is 0 Å². The van der Waals surface area contributed by atoms with Gasteiger partial charge in [-0.05, 0) is 0 Å². The lowest BCUT2D eigenvalue weighted by atomic mass is 10.5. The first kappa shape index (κ1) is 16.1. The van der Waals surface area contributed by atoms with Gasteiger partial charge in [-0.3, -0.25) is 9.36 Å². The highest BCUT2D eigenvalue weighted by atomic mass is 31.2. The van der Waals surface area contributed by atoms with Crippen LogP contribution in [0.5, 0.6) is 0 Å². The Bertz CT molecular complexity index is 411. The molecular formula is C7H15N6O4P. The summed E-state index contributed by atoms with van der Waals surface area (Å²) in [5.41, 5.74) is 15.4. The Morgan fingerprint density at radius 3 is 1.67 bits per heavy atom. The fraction of sp³-hybridized carbons (Fsp3) is 0.429. The molecule has 8 N–H and O–H groups in total. The zero-order valence-electron chi connectivity index (χ0n) is 9.65. The lowest BCUT2D eigenvalue weighted by Gasteiger charge is -1.99. The highest BCUT2D eigenvalue weighted by Crippen LogP contribution is 2.35. The highest BCUT2D eigenvalue weighted by molar-refractivity contribution is 7.57. The molecular weight excluding hydrogens is 263 g/mol. The van der Waals surface area contributed by atoms with Crippen molar-refractivity contribution in [2.45, 2.75) is 6.42 Å². The molecule has 1 unspecified atom stereocenters. The van der Waals surface area contributed by atoms with Crippen molar-refractivity contribution in [1.82, 2.24) is 15.0 Å². The monoisotopic (exact) mass is 278 g/mol. The van der Waals surface area contributed by atoms with Crippen molar-refractivity contribution in [3.8, 4) is 0 Å². The van der Waals surface area contributed by atoms with Crippen LogP contribution >= 0.6 is 7.37 Å². The Morgan fingerprint density at radius 1 is 1.17 bits per heavy atom. The molecule has 0 aliphatic carbocycles. The van der Waals surface area contributed by atoms with E-state index in [1.54, 1.807) is 0 Å². The van der Waals surface area contributed by atoms with Crippen LogP contribution in [0.2, 0.25) is 0 Å². The maximum absolute atomic E-state index is 10.4. The molecule has 0 aliphatic heterocycles. The number of carbonyl (C=O) groups is 1. The summed E-state index contributed by atoms with van der Waals surface area (Å²) < 4.78 is 10.4. The lowest BCUT2D eigenvalue weighted by Crippen LogP contribution is -2.05. The molecule has 1 rings (SSSR count). The maximum Gasteiger partial charge on any atom is 0.303 e. The predicted octanol–water partition coefficient (Wildman–Crippen LogP) is -1.02. The van der Waals surface area contributed by atoms with E-state index < -0.39 is 13.3 Å². The number of hydrogen-bond donors (Lipinski definition) is 5. The molecule has 1 aromatic heterocycles. The normalized spacial score (nSPS) is 13.0. The molecule has 0 spiro atoms. The first-order valence-corrected chi connectivity index (χ1v) is 6.93. The molecule has 18 heavy (non-hydrogen) atoms. The van der Waals surface area contributed by atoms with Crippen LogP contribution in [0.1, 0.15) is 6.42 Å². The van der Waals surface area contributed by atoms with Crippen molar-refractivity contribution in [2.24, 2.45) is 0 Å². The summed E-state index contributed by atoms with van der Waals surface area (Å²) in [6.45, 7) is 1.15. The minimum absolute atomic E-state index is 0.0417. The van der Waals surface area contributed by atoms with Gasteiger partial charge in [-0.25, -0.2) is 0 Å². The average Bonchev–Trinajstić information content (AvgIpc) is 2.12. The minimum atomic E-state index is -3.10. The summed E-state index contributed by atoms with van der Waals surface area (Å²) in [5.74, 6) is -0.911. The van der Waals surface area contributed by atoms with Crippen molar-refractivity contribution in [1.29, 1.82) is 0 Å². The Kier molecular flexibility index (Phi) is 6.00. The van der Waals surface area contributed by atoms with Gasteiger partial charge in [-0.2, -0.15) is 15.0 Å². The van der Waals surface area contributed by atoms with Crippen LogP contribution in [0.3, 0.4) is 0 Å². The summed E-state index contributed by atoms with van der Waals surface area (Å²) in [7, 11) is -3.10. The number of hydrogen-bond acceptors (Lipinski definition) is 8. The Labute approximate surface area is 103 Å². The molecule has 11 heteroatoms. The maximum atomic E-state index is 10.4. The summed E-state index contributed by atoms with van der Waals surface area (Å²) in [4.78, 5) is 28.8. The summed E-state index contributed by atoms with van der Waals surface area (Å²) in [5, 5.41) is 8.04. The van der Waals surface area contributed by atoms with Crippen molar-refractivity contribution >= 4 is 31.2 Å². The number of aromatic nitrogens is 3. The molecule has 0 saturated carbocycles. The lowest BCUT2D eigenvalue weighted by molar-refractivity contribution is -0.136. The summed E-state index contributed by atoms with van der Waals surface area (Å²) in [6.07, 6.45) is -0.368. The van der Waals surface area contributed by atoms with E-state index in [0.29, 0.717) is 0 Å². The summed E-state index contributed by atoms with van der Waals surface area (Å²) in [6, 6.07) is 0. The van der Waals surface area contributed by atoms with Crippen LogP contribution in [0.25, 0.3) is 0 Å². The van der Waals surface area contributed by atoms with E-state index >= 15 is 0 Å². The number of nitrogens with two attached hydrogens (primary N) is 3. The van der Waals surface area contributed by atoms with Gasteiger partial charge >= 0.3 is 5.97 Å². The van der Waals surface area contributed by atoms with Gasteiger partial charge < -0.3 is 27.2 Å². The molecule has 0 aliphatic rings. The molecule has 0 bridgehead atoms. The topological polar surface area (TPSA) is 191 Å². The van der Waals surface area contributed by atoms with Gasteiger partial charge in [0.25, 0.3) is 0 Å². The molecule has 0 aromatic carbocycles. The first-order chi connectivity index (χ1) is 8.10. The van der Waals surface area contributed by atoms with Gasteiger partial charge in [0.15, 0.2) is 7.37 Å². The standard InChI is InChI=1S/C4H9O4P.C3H6N6/c1-9(7,8)3-2-4(5)6;4-1-7-2(5)9-3(6)8-1/h2-3H2,1H3,(H,5,6)(H,7,8);(H6,4,5,6,7,8,9). The predicted molar refractivity (Wildman–Crippen MR) is 65.9 cm³/mol. The number of carboxylic acids is 1. The van der Waals surface area contributed by atoms with Crippen LogP contribution in [0.4, 0.5) is 17.8 Å². The molecule has 0 saturated heterocycles. The van der Waals surface area contributed by atoms with Gasteiger partial charge in [0, 0.05) is 12.8 Å². The number of aliphatic carboxylic acids is 1. The quantitative estimate of drug-likeness (QED) is 0.427. The number of nitrogen functional groups attached to an aromatic ring is 3. The second kappa shape index (κ2) is 6.72. The van der Waals surface area contributed by atoms with Crippen LogP contribution in [0, 0.1) is 0 Å². The smallest absolute Gasteiger partial charge is 0.303 e. The van der Waals surface area contributed by atoms with Gasteiger partial charge in [0.05, 0.1) is 6.42 Å². The SMILES string of the molecule is CP(=O)(O)CCC(=O)O.Nc1nc(N)nc(N)n1. The molecule has 0 radical (unpaired) electrons. The van der Waals surface area contributed by atoms with Crippen molar-refractivity contribution in [3.63, 3.8) is 0 Å². The molecule has 1 heterocycles. The molecule has 1 aromatic rings. The Hall–Kier alpha value is -1.93. The van der Waals surface area contributed by atoms with Gasteiger partial charge in [-0.1, -0.05) is 0 Å². The second-order valence-corrected chi connectivity index (χ2v) is 5.88. The van der Waals surface area contributed by atoms with E-state index in [2.05, 4.69) is 15.0 Å².